The highest BCUT2D eigenvalue weighted by molar-refractivity contribution is 5.08. The lowest BCUT2D eigenvalue weighted by Crippen LogP contribution is -2.70. The van der Waals surface area contributed by atoms with Gasteiger partial charge in [0, 0.05) is 37.8 Å². The van der Waals surface area contributed by atoms with Crippen LogP contribution in [0.15, 0.2) is 0 Å². The fourth-order valence-corrected chi connectivity index (χ4v) is 3.68. The molecule has 1 saturated carbocycles. The highest BCUT2D eigenvalue weighted by Crippen LogP contribution is 2.43. The molecule has 1 saturated heterocycles. The lowest BCUT2D eigenvalue weighted by Gasteiger charge is -2.54. The molecular weight excluding hydrogens is 236 g/mol. The van der Waals surface area contributed by atoms with E-state index >= 15 is 0 Å². The molecule has 0 amide bonds. The number of rotatable bonds is 6. The molecule has 2 fully saturated rings. The quantitative estimate of drug-likeness (QED) is 0.801. The van der Waals surface area contributed by atoms with Gasteiger partial charge in [0.25, 0.3) is 0 Å². The number of hydrogen-bond donors (Lipinski definition) is 1. The van der Waals surface area contributed by atoms with Crippen LogP contribution >= 0.6 is 0 Å². The molecule has 3 heteroatoms. The Bertz CT molecular complexity index is 299. The zero-order valence-corrected chi connectivity index (χ0v) is 13.5. The summed E-state index contributed by atoms with van der Waals surface area (Å²) in [4.78, 5) is 2.72. The third-order valence-electron chi connectivity index (χ3n) is 5.69. The van der Waals surface area contributed by atoms with Crippen LogP contribution in [0.1, 0.15) is 53.4 Å². The molecule has 2 rings (SSSR count). The number of piperazine rings is 1. The van der Waals surface area contributed by atoms with Crippen LogP contribution in [0.25, 0.3) is 0 Å². The molecule has 0 aromatic carbocycles. The summed E-state index contributed by atoms with van der Waals surface area (Å²) in [7, 11) is 1.83. The first-order valence-electron chi connectivity index (χ1n) is 8.02. The number of methoxy groups -OCH3 is 1. The van der Waals surface area contributed by atoms with Crippen molar-refractivity contribution in [1.82, 2.24) is 10.2 Å². The van der Waals surface area contributed by atoms with Gasteiger partial charge in [0.1, 0.15) is 0 Å². The van der Waals surface area contributed by atoms with Crippen molar-refractivity contribution in [1.29, 1.82) is 0 Å². The van der Waals surface area contributed by atoms with Crippen molar-refractivity contribution in [3.05, 3.63) is 0 Å². The van der Waals surface area contributed by atoms with Crippen molar-refractivity contribution >= 4 is 0 Å². The van der Waals surface area contributed by atoms with Gasteiger partial charge in [-0.15, -0.1) is 0 Å². The van der Waals surface area contributed by atoms with Crippen LogP contribution in [0, 0.1) is 5.92 Å². The van der Waals surface area contributed by atoms with Crippen molar-refractivity contribution in [2.24, 2.45) is 5.92 Å². The molecule has 0 aromatic rings. The van der Waals surface area contributed by atoms with Gasteiger partial charge in [0.05, 0.1) is 6.10 Å². The SMILES string of the molecule is CCC1(CC)CNC(C)(C2CC2)CN1CC(C)OC. The maximum atomic E-state index is 5.52. The highest BCUT2D eigenvalue weighted by Gasteiger charge is 2.49. The van der Waals surface area contributed by atoms with Crippen LogP contribution < -0.4 is 5.32 Å². The van der Waals surface area contributed by atoms with E-state index in [4.69, 9.17) is 4.74 Å². The maximum Gasteiger partial charge on any atom is 0.0670 e. The molecule has 0 radical (unpaired) electrons. The molecule has 0 aromatic heterocycles. The van der Waals surface area contributed by atoms with E-state index in [9.17, 15) is 0 Å². The van der Waals surface area contributed by atoms with E-state index in [0.29, 0.717) is 17.2 Å². The minimum absolute atomic E-state index is 0.319. The van der Waals surface area contributed by atoms with E-state index in [1.54, 1.807) is 0 Å². The van der Waals surface area contributed by atoms with Crippen molar-refractivity contribution < 1.29 is 4.74 Å². The van der Waals surface area contributed by atoms with Gasteiger partial charge in [0.2, 0.25) is 0 Å². The topological polar surface area (TPSA) is 24.5 Å². The molecule has 19 heavy (non-hydrogen) atoms. The molecular formula is C16H32N2O. The third-order valence-corrected chi connectivity index (χ3v) is 5.69. The lowest BCUT2D eigenvalue weighted by molar-refractivity contribution is -0.0354. The summed E-state index contributed by atoms with van der Waals surface area (Å²) < 4.78 is 5.52. The second-order valence-electron chi connectivity index (χ2n) is 6.90. The Labute approximate surface area is 119 Å². The average Bonchev–Trinajstić information content (AvgIpc) is 3.24. The Hall–Kier alpha value is -0.120. The van der Waals surface area contributed by atoms with Crippen LogP contribution in [0.3, 0.4) is 0 Å². The van der Waals surface area contributed by atoms with E-state index in [2.05, 4.69) is 37.9 Å². The summed E-state index contributed by atoms with van der Waals surface area (Å²) in [6.45, 7) is 12.6. The highest BCUT2D eigenvalue weighted by atomic mass is 16.5. The van der Waals surface area contributed by atoms with Gasteiger partial charge in [0.15, 0.2) is 0 Å². The lowest BCUT2D eigenvalue weighted by atomic mass is 9.81. The standard InChI is InChI=1S/C16H32N2O/c1-6-16(7-2)11-17-15(4,14-8-9-14)12-18(16)10-13(3)19-5/h13-14,17H,6-12H2,1-5H3. The summed E-state index contributed by atoms with van der Waals surface area (Å²) in [6.07, 6.45) is 5.56. The third kappa shape index (κ3) is 2.98. The Morgan fingerprint density at radius 2 is 1.95 bits per heavy atom. The minimum Gasteiger partial charge on any atom is -0.380 e. The number of hydrogen-bond acceptors (Lipinski definition) is 3. The summed E-state index contributed by atoms with van der Waals surface area (Å²) in [6, 6.07) is 0. The summed E-state index contributed by atoms with van der Waals surface area (Å²) in [5, 5.41) is 3.89. The zero-order valence-electron chi connectivity index (χ0n) is 13.5. The van der Waals surface area contributed by atoms with Gasteiger partial charge in [-0.25, -0.2) is 0 Å². The molecule has 3 nitrogen and oxygen atoms in total. The smallest absolute Gasteiger partial charge is 0.0670 e. The molecule has 0 bridgehead atoms. The predicted molar refractivity (Wildman–Crippen MR) is 80.5 cm³/mol. The van der Waals surface area contributed by atoms with Crippen LogP contribution in [-0.2, 0) is 4.74 Å². The van der Waals surface area contributed by atoms with Gasteiger partial charge in [-0.1, -0.05) is 13.8 Å². The first-order valence-corrected chi connectivity index (χ1v) is 8.02. The monoisotopic (exact) mass is 268 g/mol. The normalized spacial score (nSPS) is 33.3. The largest absolute Gasteiger partial charge is 0.380 e. The Balaban J connectivity index is 2.13. The maximum absolute atomic E-state index is 5.52. The van der Waals surface area contributed by atoms with E-state index < -0.39 is 0 Å². The van der Waals surface area contributed by atoms with Crippen LogP contribution in [0.4, 0.5) is 0 Å². The molecule has 1 aliphatic carbocycles. The molecule has 1 N–H and O–H groups in total. The summed E-state index contributed by atoms with van der Waals surface area (Å²) >= 11 is 0. The number of ether oxygens (including phenoxy) is 1. The number of nitrogens with zero attached hydrogens (tertiary/aromatic N) is 1. The predicted octanol–water partition coefficient (Wildman–Crippen LogP) is 2.65. The second kappa shape index (κ2) is 5.71. The fraction of sp³-hybridized carbons (Fsp3) is 1.00. The molecule has 2 aliphatic rings. The van der Waals surface area contributed by atoms with Crippen LogP contribution in [0.5, 0.6) is 0 Å². The van der Waals surface area contributed by atoms with E-state index in [-0.39, 0.29) is 0 Å². The summed E-state index contributed by atoms with van der Waals surface area (Å²) in [5.41, 5.74) is 0.641. The second-order valence-corrected chi connectivity index (χ2v) is 6.90. The Kier molecular flexibility index (Phi) is 4.59. The minimum atomic E-state index is 0.319. The Morgan fingerprint density at radius 3 is 2.42 bits per heavy atom. The van der Waals surface area contributed by atoms with E-state index in [0.717, 1.165) is 19.0 Å². The van der Waals surface area contributed by atoms with Gasteiger partial charge >= 0.3 is 0 Å². The van der Waals surface area contributed by atoms with Gasteiger partial charge < -0.3 is 10.1 Å². The van der Waals surface area contributed by atoms with E-state index in [1.807, 2.05) is 7.11 Å². The molecule has 0 spiro atoms. The molecule has 112 valence electrons. The zero-order chi connectivity index (χ0) is 14.1. The molecule has 2 atom stereocenters. The van der Waals surface area contributed by atoms with Crippen molar-refractivity contribution in [3.8, 4) is 0 Å². The van der Waals surface area contributed by atoms with Gasteiger partial charge in [-0.3, -0.25) is 4.90 Å². The first-order chi connectivity index (χ1) is 8.99. The van der Waals surface area contributed by atoms with Crippen LogP contribution in [0.2, 0.25) is 0 Å². The number of nitrogens with one attached hydrogen (secondary N) is 1. The molecule has 2 unspecified atom stereocenters. The van der Waals surface area contributed by atoms with Crippen molar-refractivity contribution in [2.75, 3.05) is 26.7 Å². The average molecular weight is 268 g/mol. The summed E-state index contributed by atoms with van der Waals surface area (Å²) in [5.74, 6) is 0.888. The molecule has 1 heterocycles. The Morgan fingerprint density at radius 1 is 1.32 bits per heavy atom. The van der Waals surface area contributed by atoms with Crippen molar-refractivity contribution in [2.45, 2.75) is 70.6 Å². The van der Waals surface area contributed by atoms with Gasteiger partial charge in [-0.2, -0.15) is 0 Å². The van der Waals surface area contributed by atoms with E-state index in [1.165, 1.54) is 32.2 Å². The fourth-order valence-electron chi connectivity index (χ4n) is 3.68. The van der Waals surface area contributed by atoms with Gasteiger partial charge in [-0.05, 0) is 45.4 Å². The molecule has 1 aliphatic heterocycles. The first kappa shape index (κ1) is 15.3. The van der Waals surface area contributed by atoms with Crippen molar-refractivity contribution in [3.63, 3.8) is 0 Å². The van der Waals surface area contributed by atoms with Crippen LogP contribution in [-0.4, -0.2) is 48.8 Å².